The Hall–Kier alpha value is -5.46. The molecular formula is C41H45FN8O3. The van der Waals surface area contributed by atoms with Gasteiger partial charge in [-0.25, -0.2) is 23.7 Å². The maximum Gasteiger partial charge on any atom is 0.337 e. The number of aromatic nitrogens is 5. The zero-order valence-electron chi connectivity index (χ0n) is 30.3. The molecule has 3 aromatic heterocycles. The predicted molar refractivity (Wildman–Crippen MR) is 206 cm³/mol. The molecule has 1 aliphatic carbocycles. The number of hydrogen-bond donors (Lipinski definition) is 3. The van der Waals surface area contributed by atoms with Crippen LogP contribution in [0.25, 0.3) is 38.9 Å². The van der Waals surface area contributed by atoms with Gasteiger partial charge in [0.05, 0.1) is 28.3 Å². The van der Waals surface area contributed by atoms with Crippen molar-refractivity contribution < 1.29 is 9.18 Å². The predicted octanol–water partition coefficient (Wildman–Crippen LogP) is 5.96. The number of piperazine rings is 1. The van der Waals surface area contributed by atoms with Crippen molar-refractivity contribution in [1.82, 2.24) is 39.6 Å². The summed E-state index contributed by atoms with van der Waals surface area (Å²) in [6.07, 6.45) is 3.10. The van der Waals surface area contributed by atoms with Crippen LogP contribution in [0.1, 0.15) is 68.7 Å². The van der Waals surface area contributed by atoms with Crippen LogP contribution >= 0.6 is 0 Å². The van der Waals surface area contributed by atoms with Gasteiger partial charge in [-0.3, -0.25) is 19.1 Å². The van der Waals surface area contributed by atoms with E-state index in [2.05, 4.69) is 61.7 Å². The molecular weight excluding hydrogens is 672 g/mol. The van der Waals surface area contributed by atoms with Crippen molar-refractivity contribution in [2.45, 2.75) is 71.1 Å². The molecule has 0 spiro atoms. The van der Waals surface area contributed by atoms with Gasteiger partial charge in [0, 0.05) is 44.3 Å². The number of benzene rings is 3. The molecule has 4 heterocycles. The Kier molecular flexibility index (Phi) is 10.6. The molecule has 0 bridgehead atoms. The van der Waals surface area contributed by atoms with E-state index in [0.717, 1.165) is 55.1 Å². The van der Waals surface area contributed by atoms with Crippen LogP contribution in [0.5, 0.6) is 0 Å². The van der Waals surface area contributed by atoms with Gasteiger partial charge in [0.1, 0.15) is 5.82 Å². The molecule has 1 saturated heterocycles. The number of aromatic amines is 1. The van der Waals surface area contributed by atoms with Crippen molar-refractivity contribution in [2.75, 3.05) is 19.6 Å². The lowest BCUT2D eigenvalue weighted by Gasteiger charge is -2.31. The molecule has 274 valence electrons. The van der Waals surface area contributed by atoms with Gasteiger partial charge in [0.15, 0.2) is 11.5 Å². The Bertz CT molecular complexity index is 2330. The van der Waals surface area contributed by atoms with Crippen molar-refractivity contribution in [3.8, 4) is 16.8 Å². The Morgan fingerprint density at radius 2 is 1.72 bits per heavy atom. The van der Waals surface area contributed by atoms with Crippen LogP contribution in [-0.4, -0.2) is 66.6 Å². The molecule has 1 saturated carbocycles. The van der Waals surface area contributed by atoms with E-state index in [1.54, 1.807) is 6.07 Å². The van der Waals surface area contributed by atoms with Crippen LogP contribution in [0.2, 0.25) is 0 Å². The fourth-order valence-electron chi connectivity index (χ4n) is 7.57. The lowest BCUT2D eigenvalue weighted by atomic mass is 9.91. The molecule has 2 fully saturated rings. The summed E-state index contributed by atoms with van der Waals surface area (Å²) in [5, 5.41) is 6.57. The minimum atomic E-state index is -0.655. The van der Waals surface area contributed by atoms with E-state index in [0.29, 0.717) is 42.9 Å². The third-order valence-corrected chi connectivity index (χ3v) is 10.1. The second-order valence-corrected chi connectivity index (χ2v) is 13.7. The minimum Gasteiger partial charge on any atom is -0.347 e. The number of para-hydroxylation sites is 2. The molecule has 0 radical (unpaired) electrons. The second kappa shape index (κ2) is 15.6. The van der Waals surface area contributed by atoms with Gasteiger partial charge in [0.2, 0.25) is 0 Å². The first-order valence-electron chi connectivity index (χ1n) is 18.5. The molecule has 2 aliphatic rings. The van der Waals surface area contributed by atoms with Crippen LogP contribution in [0, 0.1) is 5.82 Å². The zero-order chi connectivity index (χ0) is 37.1. The Morgan fingerprint density at radius 1 is 0.943 bits per heavy atom. The zero-order valence-corrected chi connectivity index (χ0v) is 30.3. The summed E-state index contributed by atoms with van der Waals surface area (Å²) < 4.78 is 17.2. The molecule has 1 aliphatic heterocycles. The molecule has 12 heteroatoms. The number of hydrogen-bond acceptors (Lipinski definition) is 7. The van der Waals surface area contributed by atoms with Crippen LogP contribution in [0.3, 0.4) is 0 Å². The Labute approximate surface area is 306 Å². The van der Waals surface area contributed by atoms with Crippen molar-refractivity contribution in [2.24, 2.45) is 0 Å². The minimum absolute atomic E-state index is 0.0342. The number of amides is 1. The third kappa shape index (κ3) is 7.56. The fraction of sp³-hybridized carbons (Fsp3) is 0.341. The molecule has 1 unspecified atom stereocenters. The smallest absolute Gasteiger partial charge is 0.337 e. The highest BCUT2D eigenvalue weighted by atomic mass is 19.1. The molecule has 6 aromatic rings. The Balaban J connectivity index is 0.00000214. The number of pyridine rings is 1. The molecule has 3 aromatic carbocycles. The van der Waals surface area contributed by atoms with Crippen LogP contribution in [0.4, 0.5) is 4.39 Å². The summed E-state index contributed by atoms with van der Waals surface area (Å²) in [5.74, 6) is -0.716. The van der Waals surface area contributed by atoms with E-state index in [9.17, 15) is 18.8 Å². The average Bonchev–Trinajstić information content (AvgIpc) is 3.62. The third-order valence-electron chi connectivity index (χ3n) is 10.1. The first-order chi connectivity index (χ1) is 25.8. The summed E-state index contributed by atoms with van der Waals surface area (Å²) in [4.78, 5) is 55.3. The Morgan fingerprint density at radius 3 is 2.47 bits per heavy atom. The van der Waals surface area contributed by atoms with E-state index in [1.807, 2.05) is 56.3 Å². The summed E-state index contributed by atoms with van der Waals surface area (Å²) in [5.41, 5.74) is 4.14. The van der Waals surface area contributed by atoms with Gasteiger partial charge >= 0.3 is 5.69 Å². The van der Waals surface area contributed by atoms with Crippen LogP contribution in [-0.2, 0) is 6.54 Å². The highest BCUT2D eigenvalue weighted by Crippen LogP contribution is 2.29. The SMILES string of the molecule is CC.CC1CN(Cc2ccc(-c3cccc(-n4c(=O)n(C5CCC(NC(=O)c6nc7ccccc7[nH]6)CC5)c(=O)c5cc(F)cnc54)c3)cc2)CCN1. The number of carbonyl (C=O) groups excluding carboxylic acids is 1. The van der Waals surface area contributed by atoms with Crippen molar-refractivity contribution in [3.05, 3.63) is 123 Å². The molecule has 1 atom stereocenters. The topological polar surface area (TPSA) is 130 Å². The van der Waals surface area contributed by atoms with Gasteiger partial charge in [0.25, 0.3) is 11.5 Å². The summed E-state index contributed by atoms with van der Waals surface area (Å²) >= 11 is 0. The first-order valence-corrected chi connectivity index (χ1v) is 18.5. The van der Waals surface area contributed by atoms with Crippen LogP contribution in [0.15, 0.2) is 94.6 Å². The van der Waals surface area contributed by atoms with Crippen molar-refractivity contribution >= 4 is 28.0 Å². The maximum atomic E-state index is 14.5. The number of nitrogens with zero attached hydrogens (tertiary/aromatic N) is 5. The van der Waals surface area contributed by atoms with Gasteiger partial charge in [-0.15, -0.1) is 0 Å². The van der Waals surface area contributed by atoms with Gasteiger partial charge in [-0.1, -0.05) is 62.4 Å². The highest BCUT2D eigenvalue weighted by Gasteiger charge is 2.29. The average molecular weight is 717 g/mol. The molecule has 3 N–H and O–H groups in total. The molecule has 11 nitrogen and oxygen atoms in total. The van der Waals surface area contributed by atoms with Crippen molar-refractivity contribution in [1.29, 1.82) is 0 Å². The quantitative estimate of drug-likeness (QED) is 0.186. The van der Waals surface area contributed by atoms with E-state index >= 15 is 0 Å². The normalized spacial score (nSPS) is 19.1. The number of nitrogens with one attached hydrogen (secondary N) is 3. The molecule has 1 amide bonds. The summed E-state index contributed by atoms with van der Waals surface area (Å²) in [6, 6.07) is 24.5. The van der Waals surface area contributed by atoms with E-state index < -0.39 is 23.1 Å². The second-order valence-electron chi connectivity index (χ2n) is 13.7. The number of imidazole rings is 1. The van der Waals surface area contributed by atoms with Gasteiger partial charge in [-0.05, 0) is 79.6 Å². The number of fused-ring (bicyclic) bond motifs is 2. The summed E-state index contributed by atoms with van der Waals surface area (Å²) in [6.45, 7) is 10.1. The first kappa shape index (κ1) is 35.9. The standard InChI is InChI=1S/C39H39FN8O3.C2H6/c1-24-22-46(18-17-41-24)23-25-9-11-26(12-10-25)27-5-4-6-31(19-27)47-36-32(20-28(40)21-42-36)38(50)48(39(47)51)30-15-13-29(14-16-30)43-37(49)35-44-33-7-2-3-8-34(33)45-35;1-2/h2-12,19-21,24,29-30,41H,13-18,22-23H2,1H3,(H,43,49)(H,44,45);1-2H3. The van der Waals surface area contributed by atoms with E-state index in [1.165, 1.54) is 14.7 Å². The highest BCUT2D eigenvalue weighted by molar-refractivity contribution is 5.94. The van der Waals surface area contributed by atoms with E-state index in [-0.39, 0.29) is 28.8 Å². The monoisotopic (exact) mass is 716 g/mol. The lowest BCUT2D eigenvalue weighted by Crippen LogP contribution is -2.48. The van der Waals surface area contributed by atoms with Gasteiger partial charge < -0.3 is 15.6 Å². The fourth-order valence-corrected chi connectivity index (χ4v) is 7.57. The molecule has 53 heavy (non-hydrogen) atoms. The number of H-pyrrole nitrogens is 1. The van der Waals surface area contributed by atoms with Crippen LogP contribution < -0.4 is 21.9 Å². The summed E-state index contributed by atoms with van der Waals surface area (Å²) in [7, 11) is 0. The van der Waals surface area contributed by atoms with Crippen molar-refractivity contribution in [3.63, 3.8) is 0 Å². The number of rotatable bonds is 7. The maximum absolute atomic E-state index is 14.5. The number of carbonyl (C=O) groups is 1. The number of halogens is 1. The molecule has 8 rings (SSSR count). The largest absolute Gasteiger partial charge is 0.347 e. The van der Waals surface area contributed by atoms with E-state index in [4.69, 9.17) is 0 Å². The van der Waals surface area contributed by atoms with Gasteiger partial charge in [-0.2, -0.15) is 0 Å². The lowest BCUT2D eigenvalue weighted by molar-refractivity contribution is 0.0912.